The predicted octanol–water partition coefficient (Wildman–Crippen LogP) is 2.05. The van der Waals surface area contributed by atoms with Gasteiger partial charge in [0.15, 0.2) is 0 Å². The van der Waals surface area contributed by atoms with E-state index in [2.05, 4.69) is 6.58 Å². The van der Waals surface area contributed by atoms with E-state index in [9.17, 15) is 19.8 Å². The number of rotatable bonds is 5. The van der Waals surface area contributed by atoms with Gasteiger partial charge in [0.2, 0.25) is 0 Å². The number of fused-ring (bicyclic) bond motifs is 4. The molecular weight excluding hydrogens is 354 g/mol. The average Bonchev–Trinajstić information content (AvgIpc) is 2.62. The number of ether oxygens (including phenoxy) is 3. The number of aliphatic hydroxyl groups excluding tert-OH is 1. The normalized spacial score (nSPS) is 26.1. The number of aliphatic hydroxyl groups is 1. The number of aromatic hydroxyl groups is 1. The first-order chi connectivity index (χ1) is 13.0. The van der Waals surface area contributed by atoms with E-state index >= 15 is 0 Å². The molecule has 4 atom stereocenters. The molecule has 0 unspecified atom stereocenters. The van der Waals surface area contributed by atoms with Gasteiger partial charge < -0.3 is 24.4 Å². The highest BCUT2D eigenvalue weighted by Crippen LogP contribution is 2.46. The molecule has 146 valence electrons. The summed E-state index contributed by atoms with van der Waals surface area (Å²) in [4.78, 5) is 25.8. The Balaban J connectivity index is 1.94. The third kappa shape index (κ3) is 3.77. The van der Waals surface area contributed by atoms with Crippen LogP contribution in [0.1, 0.15) is 31.4 Å². The van der Waals surface area contributed by atoms with Crippen molar-refractivity contribution in [2.45, 2.75) is 44.1 Å². The quantitative estimate of drug-likeness (QED) is 0.597. The Morgan fingerprint density at radius 2 is 2.19 bits per heavy atom. The van der Waals surface area contributed by atoms with Crippen LogP contribution >= 0.6 is 0 Å². The number of hydrogen-bond donors (Lipinski definition) is 2. The summed E-state index contributed by atoms with van der Waals surface area (Å²) in [6, 6.07) is 3.86. The first-order valence-electron chi connectivity index (χ1n) is 8.85. The lowest BCUT2D eigenvalue weighted by Gasteiger charge is -2.48. The first kappa shape index (κ1) is 19.2. The van der Waals surface area contributed by atoms with Crippen molar-refractivity contribution in [3.05, 3.63) is 36.4 Å². The number of phenols is 1. The fraction of sp³-hybridized carbons (Fsp3) is 0.474. The summed E-state index contributed by atoms with van der Waals surface area (Å²) in [6.07, 6.45) is -1.25. The van der Waals surface area contributed by atoms with Gasteiger partial charge in [0.1, 0.15) is 24.6 Å². The molecule has 27 heavy (non-hydrogen) atoms. The van der Waals surface area contributed by atoms with Gasteiger partial charge in [-0.2, -0.15) is 0 Å². The maximum absolute atomic E-state index is 12.6. The van der Waals surface area contributed by atoms with E-state index < -0.39 is 36.4 Å². The van der Waals surface area contributed by atoms with Gasteiger partial charge in [-0.3, -0.25) is 9.69 Å². The van der Waals surface area contributed by atoms with Crippen LogP contribution in [0.2, 0.25) is 0 Å². The Morgan fingerprint density at radius 1 is 1.41 bits per heavy atom. The number of esters is 1. The molecule has 0 aliphatic carbocycles. The number of hydrogen-bond acceptors (Lipinski definition) is 7. The SMILES string of the molecule is C=CCOC(=O)N1c2ccc(O)cc2[C@@H]2O[C@H](CC(=O)OCC)C[C@H]1[C@@H]2O. The molecule has 2 aliphatic heterocycles. The molecule has 1 saturated heterocycles. The average molecular weight is 377 g/mol. The number of carbonyl (C=O) groups excluding carboxylic acids is 2. The maximum Gasteiger partial charge on any atom is 0.414 e. The van der Waals surface area contributed by atoms with Crippen LogP contribution in [-0.2, 0) is 19.0 Å². The van der Waals surface area contributed by atoms with Crippen LogP contribution in [0.3, 0.4) is 0 Å². The van der Waals surface area contributed by atoms with Crippen molar-refractivity contribution in [2.24, 2.45) is 0 Å². The highest BCUT2D eigenvalue weighted by molar-refractivity contribution is 5.91. The first-order valence-corrected chi connectivity index (χ1v) is 8.85. The molecule has 0 spiro atoms. The molecule has 0 aromatic heterocycles. The molecule has 1 aromatic carbocycles. The molecule has 1 aromatic rings. The van der Waals surface area contributed by atoms with Gasteiger partial charge in [0, 0.05) is 5.56 Å². The Labute approximate surface area is 156 Å². The van der Waals surface area contributed by atoms with E-state index in [0.29, 0.717) is 11.3 Å². The van der Waals surface area contributed by atoms with Crippen molar-refractivity contribution in [3.8, 4) is 5.75 Å². The summed E-state index contributed by atoms with van der Waals surface area (Å²) in [5, 5.41) is 20.6. The van der Waals surface area contributed by atoms with E-state index in [1.54, 1.807) is 13.0 Å². The smallest absolute Gasteiger partial charge is 0.414 e. The summed E-state index contributed by atoms with van der Waals surface area (Å²) in [5.41, 5.74) is 0.958. The molecule has 3 rings (SSSR count). The zero-order valence-corrected chi connectivity index (χ0v) is 15.0. The number of carbonyl (C=O) groups is 2. The van der Waals surface area contributed by atoms with E-state index in [1.807, 2.05) is 0 Å². The molecule has 1 amide bonds. The van der Waals surface area contributed by atoms with Crippen molar-refractivity contribution in [3.63, 3.8) is 0 Å². The second-order valence-electron chi connectivity index (χ2n) is 6.46. The minimum atomic E-state index is -1.02. The Bertz CT molecular complexity index is 735. The molecular formula is C19H23NO7. The van der Waals surface area contributed by atoms with Crippen LogP contribution in [0.5, 0.6) is 5.75 Å². The number of anilines is 1. The highest BCUT2D eigenvalue weighted by Gasteiger charge is 2.49. The molecule has 2 bridgehead atoms. The molecule has 0 radical (unpaired) electrons. The number of nitrogens with zero attached hydrogens (tertiary/aromatic N) is 1. The summed E-state index contributed by atoms with van der Waals surface area (Å²) in [6.45, 7) is 5.53. The number of benzene rings is 1. The zero-order valence-electron chi connectivity index (χ0n) is 15.0. The third-order valence-corrected chi connectivity index (χ3v) is 4.68. The summed E-state index contributed by atoms with van der Waals surface area (Å²) >= 11 is 0. The van der Waals surface area contributed by atoms with Gasteiger partial charge >= 0.3 is 12.1 Å². The van der Waals surface area contributed by atoms with Crippen molar-refractivity contribution in [1.82, 2.24) is 0 Å². The fourth-order valence-electron chi connectivity index (χ4n) is 3.61. The van der Waals surface area contributed by atoms with Crippen molar-refractivity contribution >= 4 is 17.7 Å². The van der Waals surface area contributed by atoms with Gasteiger partial charge in [0.25, 0.3) is 0 Å². The van der Waals surface area contributed by atoms with Crippen LogP contribution in [0.4, 0.5) is 10.5 Å². The summed E-state index contributed by atoms with van der Waals surface area (Å²) in [5.74, 6) is -0.427. The summed E-state index contributed by atoms with van der Waals surface area (Å²) < 4.78 is 16.1. The maximum atomic E-state index is 12.6. The molecule has 2 heterocycles. The second kappa shape index (κ2) is 7.98. The van der Waals surface area contributed by atoms with Crippen LogP contribution < -0.4 is 4.90 Å². The van der Waals surface area contributed by atoms with Crippen molar-refractivity contribution in [1.29, 1.82) is 0 Å². The van der Waals surface area contributed by atoms with Gasteiger partial charge in [0.05, 0.1) is 30.9 Å². The van der Waals surface area contributed by atoms with Crippen molar-refractivity contribution in [2.75, 3.05) is 18.1 Å². The molecule has 2 aliphatic rings. The lowest BCUT2D eigenvalue weighted by Crippen LogP contribution is -2.58. The minimum absolute atomic E-state index is 0.0112. The van der Waals surface area contributed by atoms with Gasteiger partial charge in [-0.15, -0.1) is 0 Å². The molecule has 8 heteroatoms. The van der Waals surface area contributed by atoms with Crippen LogP contribution in [0.25, 0.3) is 0 Å². The predicted molar refractivity (Wildman–Crippen MR) is 95.4 cm³/mol. The van der Waals surface area contributed by atoms with Crippen LogP contribution in [0.15, 0.2) is 30.9 Å². The lowest BCUT2D eigenvalue weighted by atomic mass is 9.84. The van der Waals surface area contributed by atoms with E-state index in [4.69, 9.17) is 14.2 Å². The Morgan fingerprint density at radius 3 is 2.89 bits per heavy atom. The third-order valence-electron chi connectivity index (χ3n) is 4.68. The van der Waals surface area contributed by atoms with E-state index in [-0.39, 0.29) is 31.8 Å². The summed E-state index contributed by atoms with van der Waals surface area (Å²) in [7, 11) is 0. The Hall–Kier alpha value is -2.58. The molecule has 8 nitrogen and oxygen atoms in total. The Kier molecular flexibility index (Phi) is 5.67. The minimum Gasteiger partial charge on any atom is -0.508 e. The second-order valence-corrected chi connectivity index (χ2v) is 6.46. The van der Waals surface area contributed by atoms with E-state index in [1.165, 1.54) is 23.1 Å². The molecule has 1 fully saturated rings. The lowest BCUT2D eigenvalue weighted by molar-refractivity contribution is -0.160. The molecule has 0 saturated carbocycles. The zero-order chi connectivity index (χ0) is 19.6. The van der Waals surface area contributed by atoms with Gasteiger partial charge in [-0.25, -0.2) is 4.79 Å². The number of amides is 1. The van der Waals surface area contributed by atoms with Crippen molar-refractivity contribution < 1.29 is 34.0 Å². The van der Waals surface area contributed by atoms with Gasteiger partial charge in [-0.05, 0) is 31.5 Å². The largest absolute Gasteiger partial charge is 0.508 e. The fourth-order valence-corrected chi connectivity index (χ4v) is 3.61. The standard InChI is InChI=1S/C19H23NO7/c1-3-7-26-19(24)20-14-6-5-11(21)8-13(14)18-17(23)15(20)9-12(27-18)10-16(22)25-4-2/h3,5-6,8,12,15,17-18,21,23H,1,4,7,9-10H2,2H3/t12-,15-,17-,18-/m0/s1. The highest BCUT2D eigenvalue weighted by atomic mass is 16.6. The van der Waals surface area contributed by atoms with Crippen LogP contribution in [0, 0.1) is 0 Å². The van der Waals surface area contributed by atoms with Crippen LogP contribution in [-0.4, -0.2) is 53.7 Å². The monoisotopic (exact) mass is 377 g/mol. The van der Waals surface area contributed by atoms with E-state index in [0.717, 1.165) is 0 Å². The molecule has 2 N–H and O–H groups in total. The number of phenolic OH excluding ortho intramolecular Hbond substituents is 1. The van der Waals surface area contributed by atoms with Gasteiger partial charge in [-0.1, -0.05) is 12.7 Å². The topological polar surface area (TPSA) is 106 Å².